The number of ketones is 1. The van der Waals surface area contributed by atoms with Gasteiger partial charge < -0.3 is 0 Å². The maximum atomic E-state index is 13.3. The molecular weight excluding hydrogens is 234 g/mol. The number of hydrogen-bond acceptors (Lipinski definition) is 1. The fraction of sp³-hybridized carbons (Fsp3) is 0. The first-order valence-corrected chi connectivity index (χ1v) is 5.40. The van der Waals surface area contributed by atoms with Crippen molar-refractivity contribution in [2.45, 2.75) is 0 Å². The Labute approximate surface area is 103 Å². The van der Waals surface area contributed by atoms with Gasteiger partial charge in [-0.05, 0) is 24.3 Å². The van der Waals surface area contributed by atoms with Crippen LogP contribution in [0.5, 0.6) is 0 Å². The predicted molar refractivity (Wildman–Crippen MR) is 66.2 cm³/mol. The molecule has 0 radical (unpaired) electrons. The van der Waals surface area contributed by atoms with Crippen molar-refractivity contribution in [2.24, 2.45) is 0 Å². The molecule has 0 spiro atoms. The van der Waals surface area contributed by atoms with Crippen molar-refractivity contribution in [2.75, 3.05) is 0 Å². The van der Waals surface area contributed by atoms with Crippen molar-refractivity contribution < 1.29 is 13.6 Å². The highest BCUT2D eigenvalue weighted by molar-refractivity contribution is 6.06. The number of allylic oxidation sites excluding steroid dienone is 1. The topological polar surface area (TPSA) is 17.1 Å². The largest absolute Gasteiger partial charge is 0.289 e. The second-order valence-electron chi connectivity index (χ2n) is 3.70. The Morgan fingerprint density at radius 3 is 2.11 bits per heavy atom. The quantitative estimate of drug-likeness (QED) is 0.592. The second kappa shape index (κ2) is 5.36. The molecule has 0 aliphatic heterocycles. The van der Waals surface area contributed by atoms with Gasteiger partial charge in [0.15, 0.2) is 5.78 Å². The lowest BCUT2D eigenvalue weighted by Crippen LogP contribution is -1.94. The fourth-order valence-electron chi connectivity index (χ4n) is 1.53. The summed E-state index contributed by atoms with van der Waals surface area (Å²) >= 11 is 0. The molecule has 0 aliphatic carbocycles. The zero-order valence-corrected chi connectivity index (χ0v) is 9.44. The van der Waals surface area contributed by atoms with Gasteiger partial charge in [-0.3, -0.25) is 4.79 Å². The minimum atomic E-state index is -0.688. The summed E-state index contributed by atoms with van der Waals surface area (Å²) in [5, 5.41) is 0. The van der Waals surface area contributed by atoms with E-state index >= 15 is 0 Å². The van der Waals surface area contributed by atoms with E-state index in [4.69, 9.17) is 0 Å². The lowest BCUT2D eigenvalue weighted by molar-refractivity contribution is 0.104. The second-order valence-corrected chi connectivity index (χ2v) is 3.70. The summed E-state index contributed by atoms with van der Waals surface area (Å²) in [6.07, 6.45) is 2.32. The first-order chi connectivity index (χ1) is 8.68. The van der Waals surface area contributed by atoms with Crippen molar-refractivity contribution in [3.8, 4) is 0 Å². The maximum absolute atomic E-state index is 13.3. The third-order valence-electron chi connectivity index (χ3n) is 2.46. The highest BCUT2D eigenvalue weighted by Crippen LogP contribution is 2.14. The first kappa shape index (κ1) is 12.2. The van der Waals surface area contributed by atoms with Crippen molar-refractivity contribution in [3.05, 3.63) is 77.4 Å². The molecule has 90 valence electrons. The Kier molecular flexibility index (Phi) is 3.63. The highest BCUT2D eigenvalue weighted by Gasteiger charge is 2.06. The molecule has 0 aromatic heterocycles. The lowest BCUT2D eigenvalue weighted by Gasteiger charge is -1.98. The molecular formula is C15H10F2O. The summed E-state index contributed by atoms with van der Waals surface area (Å²) in [6, 6.07) is 12.1. The van der Waals surface area contributed by atoms with E-state index in [1.54, 1.807) is 30.3 Å². The van der Waals surface area contributed by atoms with E-state index in [1.165, 1.54) is 6.07 Å². The molecule has 2 rings (SSSR count). The summed E-state index contributed by atoms with van der Waals surface area (Å²) in [4.78, 5) is 11.7. The molecule has 3 heteroatoms. The zero-order valence-electron chi connectivity index (χ0n) is 9.44. The molecule has 0 saturated carbocycles. The molecule has 18 heavy (non-hydrogen) atoms. The third-order valence-corrected chi connectivity index (χ3v) is 2.46. The Balaban J connectivity index is 2.24. The van der Waals surface area contributed by atoms with E-state index in [0.717, 1.165) is 24.3 Å². The number of carbonyl (C=O) groups excluding carboxylic acids is 1. The molecule has 0 fully saturated rings. The van der Waals surface area contributed by atoms with E-state index in [-0.39, 0.29) is 11.3 Å². The molecule has 0 atom stereocenters. The molecule has 0 saturated heterocycles. The van der Waals surface area contributed by atoms with Gasteiger partial charge in [0.05, 0.1) is 0 Å². The molecule has 0 heterocycles. The van der Waals surface area contributed by atoms with E-state index in [9.17, 15) is 13.6 Å². The van der Waals surface area contributed by atoms with Crippen LogP contribution in [0, 0.1) is 11.6 Å². The summed E-state index contributed by atoms with van der Waals surface area (Å²) in [7, 11) is 0. The summed E-state index contributed by atoms with van der Waals surface area (Å²) < 4.78 is 26.6. The summed E-state index contributed by atoms with van der Waals surface area (Å²) in [5.74, 6) is -1.67. The average Bonchev–Trinajstić information content (AvgIpc) is 2.39. The number of benzene rings is 2. The molecule has 0 unspecified atom stereocenters. The number of rotatable bonds is 3. The fourth-order valence-corrected chi connectivity index (χ4v) is 1.53. The smallest absolute Gasteiger partial charge is 0.185 e. The minimum Gasteiger partial charge on any atom is -0.289 e. The van der Waals surface area contributed by atoms with Crippen LogP contribution < -0.4 is 0 Å². The van der Waals surface area contributed by atoms with Gasteiger partial charge in [-0.25, -0.2) is 8.78 Å². The van der Waals surface area contributed by atoms with Crippen molar-refractivity contribution in [3.63, 3.8) is 0 Å². The Hall–Kier alpha value is -2.29. The monoisotopic (exact) mass is 244 g/mol. The van der Waals surface area contributed by atoms with E-state index in [1.807, 2.05) is 0 Å². The normalized spacial score (nSPS) is 10.8. The number of hydrogen-bond donors (Lipinski definition) is 0. The van der Waals surface area contributed by atoms with Gasteiger partial charge in [-0.2, -0.15) is 0 Å². The summed E-state index contributed by atoms with van der Waals surface area (Å²) in [5.41, 5.74) is 0.271. The van der Waals surface area contributed by atoms with E-state index in [0.29, 0.717) is 5.56 Å². The SMILES string of the molecule is O=C(/C=C/c1c(F)cccc1F)c1ccccc1. The molecule has 0 bridgehead atoms. The van der Waals surface area contributed by atoms with Gasteiger partial charge in [0, 0.05) is 11.1 Å². The van der Waals surface area contributed by atoms with Crippen LogP contribution in [0.3, 0.4) is 0 Å². The van der Waals surface area contributed by atoms with Crippen LogP contribution in [-0.4, -0.2) is 5.78 Å². The van der Waals surface area contributed by atoms with Crippen molar-refractivity contribution in [1.82, 2.24) is 0 Å². The maximum Gasteiger partial charge on any atom is 0.185 e. The van der Waals surface area contributed by atoms with Gasteiger partial charge in [0.1, 0.15) is 11.6 Å². The third kappa shape index (κ3) is 2.69. The molecule has 1 nitrogen and oxygen atoms in total. The number of carbonyl (C=O) groups is 1. The first-order valence-electron chi connectivity index (χ1n) is 5.40. The Morgan fingerprint density at radius 2 is 1.50 bits per heavy atom. The van der Waals surface area contributed by atoms with E-state index < -0.39 is 11.6 Å². The lowest BCUT2D eigenvalue weighted by atomic mass is 10.1. The van der Waals surface area contributed by atoms with E-state index in [2.05, 4.69) is 0 Å². The molecule has 2 aromatic rings. The van der Waals surface area contributed by atoms with Crippen LogP contribution >= 0.6 is 0 Å². The van der Waals surface area contributed by atoms with Crippen LogP contribution in [0.25, 0.3) is 6.08 Å². The van der Waals surface area contributed by atoms with Crippen LogP contribution in [0.15, 0.2) is 54.6 Å². The molecule has 0 amide bonds. The Morgan fingerprint density at radius 1 is 0.889 bits per heavy atom. The molecule has 0 N–H and O–H groups in total. The highest BCUT2D eigenvalue weighted by atomic mass is 19.1. The van der Waals surface area contributed by atoms with Gasteiger partial charge in [-0.1, -0.05) is 36.4 Å². The molecule has 0 aliphatic rings. The van der Waals surface area contributed by atoms with Gasteiger partial charge in [-0.15, -0.1) is 0 Å². The van der Waals surface area contributed by atoms with Crippen LogP contribution in [0.1, 0.15) is 15.9 Å². The predicted octanol–water partition coefficient (Wildman–Crippen LogP) is 3.86. The standard InChI is InChI=1S/C15H10F2O/c16-13-7-4-8-14(17)12(13)9-10-15(18)11-5-2-1-3-6-11/h1-10H/b10-9+. The van der Waals surface area contributed by atoms with Crippen LogP contribution in [0.4, 0.5) is 8.78 Å². The van der Waals surface area contributed by atoms with Crippen molar-refractivity contribution >= 4 is 11.9 Å². The Bertz CT molecular complexity index is 568. The average molecular weight is 244 g/mol. The minimum absolute atomic E-state index is 0.207. The van der Waals surface area contributed by atoms with Crippen LogP contribution in [0.2, 0.25) is 0 Å². The van der Waals surface area contributed by atoms with Gasteiger partial charge in [0.2, 0.25) is 0 Å². The van der Waals surface area contributed by atoms with Crippen LogP contribution in [-0.2, 0) is 0 Å². The number of halogens is 2. The van der Waals surface area contributed by atoms with Gasteiger partial charge >= 0.3 is 0 Å². The van der Waals surface area contributed by atoms with Crippen molar-refractivity contribution in [1.29, 1.82) is 0 Å². The summed E-state index contributed by atoms with van der Waals surface area (Å²) in [6.45, 7) is 0. The molecule has 2 aromatic carbocycles. The van der Waals surface area contributed by atoms with Gasteiger partial charge in [0.25, 0.3) is 0 Å². The zero-order chi connectivity index (χ0) is 13.0.